The van der Waals surface area contributed by atoms with Crippen molar-refractivity contribution in [2.75, 3.05) is 31.0 Å². The van der Waals surface area contributed by atoms with Crippen molar-refractivity contribution < 1.29 is 28.4 Å². The molecule has 0 atom stereocenters. The van der Waals surface area contributed by atoms with E-state index in [1.165, 1.54) is 29.9 Å². The lowest BCUT2D eigenvalue weighted by Gasteiger charge is -2.09. The van der Waals surface area contributed by atoms with Gasteiger partial charge >= 0.3 is 11.8 Å². The third kappa shape index (κ3) is 6.40. The number of hydrogen-bond acceptors (Lipinski definition) is 8. The number of rotatable bonds is 10. The van der Waals surface area contributed by atoms with Gasteiger partial charge in [-0.3, -0.25) is 24.8 Å². The molecule has 0 spiro atoms. The SMILES string of the molecule is COCCOC(=O)Nc1cccc(NC(=O)CCCn2c(=O)oc3cc([N+](=O)[O-])ccc32)c1. The van der Waals surface area contributed by atoms with E-state index in [1.807, 2.05) is 0 Å². The zero-order valence-corrected chi connectivity index (χ0v) is 17.7. The minimum absolute atomic E-state index is 0.114. The fraction of sp³-hybridized carbons (Fsp3) is 0.286. The first-order valence-corrected chi connectivity index (χ1v) is 9.98. The molecule has 3 rings (SSSR count). The van der Waals surface area contributed by atoms with Gasteiger partial charge in [-0.1, -0.05) is 6.07 Å². The van der Waals surface area contributed by atoms with Crippen LogP contribution in [0, 0.1) is 10.1 Å². The fourth-order valence-corrected chi connectivity index (χ4v) is 3.05. The normalized spacial score (nSPS) is 10.7. The monoisotopic (exact) mass is 458 g/mol. The molecule has 3 aromatic rings. The molecular weight excluding hydrogens is 436 g/mol. The molecule has 0 bridgehead atoms. The van der Waals surface area contributed by atoms with Crippen LogP contribution in [-0.4, -0.2) is 41.8 Å². The van der Waals surface area contributed by atoms with Gasteiger partial charge in [0.2, 0.25) is 5.91 Å². The fourth-order valence-electron chi connectivity index (χ4n) is 3.05. The van der Waals surface area contributed by atoms with E-state index in [0.29, 0.717) is 23.3 Å². The summed E-state index contributed by atoms with van der Waals surface area (Å²) in [6.45, 7) is 0.598. The van der Waals surface area contributed by atoms with Crippen molar-refractivity contribution in [3.8, 4) is 0 Å². The molecule has 0 unspecified atom stereocenters. The molecular formula is C21H22N4O8. The zero-order valence-electron chi connectivity index (χ0n) is 17.7. The smallest absolute Gasteiger partial charge is 0.419 e. The molecule has 0 saturated carbocycles. The number of oxazole rings is 1. The molecule has 0 saturated heterocycles. The molecule has 0 aliphatic carbocycles. The molecule has 12 nitrogen and oxygen atoms in total. The number of nitro groups is 1. The molecule has 0 fully saturated rings. The number of aryl methyl sites for hydroxylation is 1. The summed E-state index contributed by atoms with van der Waals surface area (Å²) in [4.78, 5) is 46.4. The summed E-state index contributed by atoms with van der Waals surface area (Å²) >= 11 is 0. The van der Waals surface area contributed by atoms with E-state index in [-0.39, 0.29) is 43.4 Å². The number of benzene rings is 2. The van der Waals surface area contributed by atoms with E-state index in [2.05, 4.69) is 10.6 Å². The van der Waals surface area contributed by atoms with Crippen molar-refractivity contribution in [2.24, 2.45) is 0 Å². The Bertz CT molecular complexity index is 1220. The van der Waals surface area contributed by atoms with Crippen LogP contribution < -0.4 is 16.4 Å². The van der Waals surface area contributed by atoms with E-state index in [9.17, 15) is 24.5 Å². The Kier molecular flexibility index (Phi) is 7.76. The largest absolute Gasteiger partial charge is 0.447 e. The van der Waals surface area contributed by atoms with Crippen molar-refractivity contribution in [3.63, 3.8) is 0 Å². The molecule has 2 N–H and O–H groups in total. The number of carbonyl (C=O) groups excluding carboxylic acids is 2. The van der Waals surface area contributed by atoms with Crippen molar-refractivity contribution in [1.82, 2.24) is 4.57 Å². The highest BCUT2D eigenvalue weighted by Crippen LogP contribution is 2.20. The van der Waals surface area contributed by atoms with Crippen molar-refractivity contribution in [3.05, 3.63) is 63.1 Å². The van der Waals surface area contributed by atoms with Crippen LogP contribution in [0.1, 0.15) is 12.8 Å². The zero-order chi connectivity index (χ0) is 23.8. The van der Waals surface area contributed by atoms with Gasteiger partial charge in [0.1, 0.15) is 6.61 Å². The lowest BCUT2D eigenvalue weighted by atomic mass is 10.2. The summed E-state index contributed by atoms with van der Waals surface area (Å²) in [6.07, 6.45) is -0.192. The Labute approximate surface area is 187 Å². The average molecular weight is 458 g/mol. The number of methoxy groups -OCH3 is 1. The van der Waals surface area contributed by atoms with Crippen LogP contribution in [0.25, 0.3) is 11.1 Å². The van der Waals surface area contributed by atoms with E-state index >= 15 is 0 Å². The predicted molar refractivity (Wildman–Crippen MR) is 118 cm³/mol. The first-order chi connectivity index (χ1) is 15.9. The Morgan fingerprint density at radius 2 is 1.88 bits per heavy atom. The van der Waals surface area contributed by atoms with Crippen molar-refractivity contribution >= 4 is 40.2 Å². The second-order valence-corrected chi connectivity index (χ2v) is 6.91. The summed E-state index contributed by atoms with van der Waals surface area (Å²) in [7, 11) is 1.50. The number of ether oxygens (including phenoxy) is 2. The van der Waals surface area contributed by atoms with Gasteiger partial charge in [-0.2, -0.15) is 0 Å². The van der Waals surface area contributed by atoms with Crippen LogP contribution in [0.3, 0.4) is 0 Å². The van der Waals surface area contributed by atoms with Crippen molar-refractivity contribution in [1.29, 1.82) is 0 Å². The molecule has 0 aliphatic rings. The maximum atomic E-state index is 12.3. The second-order valence-electron chi connectivity index (χ2n) is 6.91. The molecule has 2 aromatic carbocycles. The van der Waals surface area contributed by atoms with E-state index < -0.39 is 16.8 Å². The topological polar surface area (TPSA) is 155 Å². The summed E-state index contributed by atoms with van der Waals surface area (Å²) in [5.74, 6) is -0.937. The number of nitrogens with zero attached hydrogens (tertiary/aromatic N) is 2. The highest BCUT2D eigenvalue weighted by Gasteiger charge is 2.14. The molecule has 0 aliphatic heterocycles. The number of non-ortho nitro benzene ring substituents is 1. The maximum Gasteiger partial charge on any atom is 0.419 e. The van der Waals surface area contributed by atoms with E-state index in [1.54, 1.807) is 24.3 Å². The van der Waals surface area contributed by atoms with Crippen LogP contribution in [0.4, 0.5) is 21.9 Å². The highest BCUT2D eigenvalue weighted by molar-refractivity contribution is 5.92. The minimum atomic E-state index is -0.651. The van der Waals surface area contributed by atoms with Gasteiger partial charge in [-0.15, -0.1) is 0 Å². The van der Waals surface area contributed by atoms with Crippen molar-refractivity contribution in [2.45, 2.75) is 19.4 Å². The Morgan fingerprint density at radius 1 is 1.12 bits per heavy atom. The van der Waals surface area contributed by atoms with Gasteiger partial charge in [0.15, 0.2) is 5.58 Å². The standard InChI is InChI=1S/C21H22N4O8/c1-31-10-11-32-20(27)23-15-5-2-4-14(12-15)22-19(26)6-3-9-24-17-8-7-16(25(29)30)13-18(17)33-21(24)28/h2,4-5,7-8,12-13H,3,6,9-11H2,1H3,(H,22,26)(H,23,27). The van der Waals surface area contributed by atoms with Gasteiger partial charge in [0.05, 0.1) is 23.1 Å². The number of hydrogen-bond donors (Lipinski definition) is 2. The quantitative estimate of drug-likeness (QED) is 0.267. The van der Waals surface area contributed by atoms with Crippen LogP contribution in [0.15, 0.2) is 51.7 Å². The summed E-state index contributed by atoms with van der Waals surface area (Å²) in [5, 5.41) is 16.1. The van der Waals surface area contributed by atoms with Gasteiger partial charge in [-0.25, -0.2) is 9.59 Å². The first-order valence-electron chi connectivity index (χ1n) is 9.98. The summed E-state index contributed by atoms with van der Waals surface area (Å²) < 4.78 is 16.1. The number of aromatic nitrogens is 1. The molecule has 2 amide bonds. The second kappa shape index (κ2) is 10.9. The molecule has 1 aromatic heterocycles. The third-order valence-corrected chi connectivity index (χ3v) is 4.56. The lowest BCUT2D eigenvalue weighted by Crippen LogP contribution is -2.18. The van der Waals surface area contributed by atoms with Gasteiger partial charge in [0.25, 0.3) is 5.69 Å². The number of amides is 2. The minimum Gasteiger partial charge on any atom is -0.447 e. The molecule has 33 heavy (non-hydrogen) atoms. The van der Waals surface area contributed by atoms with E-state index in [0.717, 1.165) is 0 Å². The van der Waals surface area contributed by atoms with Gasteiger partial charge in [-0.05, 0) is 30.7 Å². The van der Waals surface area contributed by atoms with Gasteiger partial charge in [0, 0.05) is 37.5 Å². The average Bonchev–Trinajstić information content (AvgIpc) is 3.08. The van der Waals surface area contributed by atoms with Crippen LogP contribution >= 0.6 is 0 Å². The maximum absolute atomic E-state index is 12.3. The Hall–Kier alpha value is -4.19. The predicted octanol–water partition coefficient (Wildman–Crippen LogP) is 3.12. The number of anilines is 2. The first kappa shape index (κ1) is 23.5. The number of nitrogens with one attached hydrogen (secondary N) is 2. The van der Waals surface area contributed by atoms with Gasteiger partial charge < -0.3 is 19.2 Å². The Balaban J connectivity index is 1.53. The molecule has 12 heteroatoms. The highest BCUT2D eigenvalue weighted by atomic mass is 16.6. The summed E-state index contributed by atoms with van der Waals surface area (Å²) in [6, 6.07) is 10.5. The molecule has 1 heterocycles. The third-order valence-electron chi connectivity index (χ3n) is 4.56. The number of nitro benzene ring substituents is 1. The molecule has 0 radical (unpaired) electrons. The lowest BCUT2D eigenvalue weighted by molar-refractivity contribution is -0.384. The summed E-state index contributed by atoms with van der Waals surface area (Å²) in [5.41, 5.74) is 1.28. The van der Waals surface area contributed by atoms with Crippen LogP contribution in [-0.2, 0) is 20.8 Å². The number of carbonyl (C=O) groups is 2. The molecule has 174 valence electrons. The van der Waals surface area contributed by atoms with Crippen LogP contribution in [0.5, 0.6) is 0 Å². The van der Waals surface area contributed by atoms with E-state index in [4.69, 9.17) is 13.9 Å². The van der Waals surface area contributed by atoms with Crippen LogP contribution in [0.2, 0.25) is 0 Å². The number of fused-ring (bicyclic) bond motifs is 1. The Morgan fingerprint density at radius 3 is 2.61 bits per heavy atom.